The molecule has 3 rings (SSSR count). The molecule has 0 saturated heterocycles. The fraction of sp³-hybridized carbons (Fsp3) is 0.364. The van der Waals surface area contributed by atoms with Crippen molar-refractivity contribution in [2.75, 3.05) is 0 Å². The number of pyridine rings is 1. The normalized spacial score (nSPS) is 15.5. The van der Waals surface area contributed by atoms with Gasteiger partial charge in [-0.05, 0) is 30.9 Å². The van der Waals surface area contributed by atoms with Crippen molar-refractivity contribution in [3.05, 3.63) is 39.2 Å². The monoisotopic (exact) mass is 217 g/mol. The van der Waals surface area contributed by atoms with Crippen LogP contribution in [0, 0.1) is 5.92 Å². The van der Waals surface area contributed by atoms with Gasteiger partial charge in [-0.1, -0.05) is 0 Å². The number of aromatic nitrogens is 3. The van der Waals surface area contributed by atoms with E-state index in [2.05, 4.69) is 9.97 Å². The van der Waals surface area contributed by atoms with Crippen LogP contribution in [0.2, 0.25) is 0 Å². The first-order chi connectivity index (χ1) is 7.75. The molecule has 0 spiro atoms. The van der Waals surface area contributed by atoms with Gasteiger partial charge in [0.15, 0.2) is 0 Å². The van der Waals surface area contributed by atoms with Gasteiger partial charge in [-0.3, -0.25) is 14.3 Å². The molecule has 82 valence electrons. The van der Waals surface area contributed by atoms with Gasteiger partial charge in [0.05, 0.1) is 5.39 Å². The molecule has 1 saturated carbocycles. The Morgan fingerprint density at radius 1 is 1.44 bits per heavy atom. The Labute approximate surface area is 90.8 Å². The first kappa shape index (κ1) is 9.33. The highest BCUT2D eigenvalue weighted by molar-refractivity contribution is 5.73. The minimum Gasteiger partial charge on any atom is -0.277 e. The Morgan fingerprint density at radius 2 is 2.25 bits per heavy atom. The zero-order valence-corrected chi connectivity index (χ0v) is 8.64. The molecule has 1 aliphatic rings. The maximum atomic E-state index is 11.7. The molecule has 1 fully saturated rings. The Balaban J connectivity index is 2.32. The van der Waals surface area contributed by atoms with Crippen LogP contribution >= 0.6 is 0 Å². The van der Waals surface area contributed by atoms with E-state index in [-0.39, 0.29) is 11.2 Å². The maximum absolute atomic E-state index is 11.7. The molecule has 0 bridgehead atoms. The van der Waals surface area contributed by atoms with Crippen LogP contribution in [0.25, 0.3) is 11.0 Å². The van der Waals surface area contributed by atoms with E-state index in [1.807, 2.05) is 0 Å². The first-order valence-corrected chi connectivity index (χ1v) is 5.33. The van der Waals surface area contributed by atoms with E-state index in [0.717, 1.165) is 12.8 Å². The van der Waals surface area contributed by atoms with E-state index in [1.165, 1.54) is 0 Å². The summed E-state index contributed by atoms with van der Waals surface area (Å²) in [6.45, 7) is 0.656. The maximum Gasteiger partial charge on any atom is 0.330 e. The Hall–Kier alpha value is -1.91. The second-order valence-corrected chi connectivity index (χ2v) is 4.19. The molecule has 0 aliphatic heterocycles. The number of nitrogens with one attached hydrogen (secondary N) is 1. The minimum absolute atomic E-state index is 0.358. The summed E-state index contributed by atoms with van der Waals surface area (Å²) in [4.78, 5) is 29.7. The van der Waals surface area contributed by atoms with Gasteiger partial charge < -0.3 is 0 Å². The number of aromatic amines is 1. The van der Waals surface area contributed by atoms with Crippen molar-refractivity contribution in [3.8, 4) is 0 Å². The summed E-state index contributed by atoms with van der Waals surface area (Å²) in [6.07, 6.45) is 3.91. The molecule has 16 heavy (non-hydrogen) atoms. The van der Waals surface area contributed by atoms with Crippen molar-refractivity contribution in [1.82, 2.24) is 14.5 Å². The van der Waals surface area contributed by atoms with Gasteiger partial charge in [-0.25, -0.2) is 9.78 Å². The zero-order valence-electron chi connectivity index (χ0n) is 8.64. The van der Waals surface area contributed by atoms with E-state index in [9.17, 15) is 9.59 Å². The third-order valence-corrected chi connectivity index (χ3v) is 2.89. The molecular weight excluding hydrogens is 206 g/mol. The lowest BCUT2D eigenvalue weighted by Gasteiger charge is -2.06. The zero-order chi connectivity index (χ0) is 11.1. The summed E-state index contributed by atoms with van der Waals surface area (Å²) < 4.78 is 1.56. The molecule has 2 aromatic rings. The molecule has 0 unspecified atom stereocenters. The van der Waals surface area contributed by atoms with Gasteiger partial charge in [-0.2, -0.15) is 0 Å². The molecule has 2 heterocycles. The number of nitrogens with zero attached hydrogens (tertiary/aromatic N) is 2. The van der Waals surface area contributed by atoms with Crippen LogP contribution in [0.3, 0.4) is 0 Å². The average Bonchev–Trinajstić information content (AvgIpc) is 3.08. The summed E-state index contributed by atoms with van der Waals surface area (Å²) >= 11 is 0. The fourth-order valence-corrected chi connectivity index (χ4v) is 1.85. The van der Waals surface area contributed by atoms with E-state index in [4.69, 9.17) is 0 Å². The molecule has 0 radical (unpaired) electrons. The van der Waals surface area contributed by atoms with Crippen LogP contribution in [-0.4, -0.2) is 14.5 Å². The van der Waals surface area contributed by atoms with E-state index in [0.29, 0.717) is 23.5 Å². The topological polar surface area (TPSA) is 67.8 Å². The predicted octanol–water partition coefficient (Wildman–Crippen LogP) is 0.495. The van der Waals surface area contributed by atoms with E-state index < -0.39 is 0 Å². The van der Waals surface area contributed by atoms with Crippen molar-refractivity contribution in [2.24, 2.45) is 5.92 Å². The fourth-order valence-electron chi connectivity index (χ4n) is 1.85. The number of H-pyrrole nitrogens is 1. The molecule has 5 heteroatoms. The van der Waals surface area contributed by atoms with Gasteiger partial charge in [0, 0.05) is 12.7 Å². The number of hydrogen-bond donors (Lipinski definition) is 1. The lowest BCUT2D eigenvalue weighted by atomic mass is 10.3. The third-order valence-electron chi connectivity index (χ3n) is 2.89. The second kappa shape index (κ2) is 3.30. The summed E-state index contributed by atoms with van der Waals surface area (Å²) in [5, 5.41) is 0.475. The molecule has 1 aliphatic carbocycles. The van der Waals surface area contributed by atoms with Crippen LogP contribution in [0.1, 0.15) is 12.8 Å². The number of rotatable bonds is 2. The average molecular weight is 217 g/mol. The summed E-state index contributed by atoms with van der Waals surface area (Å²) in [6, 6.07) is 3.38. The summed E-state index contributed by atoms with van der Waals surface area (Å²) in [7, 11) is 0. The van der Waals surface area contributed by atoms with Gasteiger partial charge >= 0.3 is 5.69 Å². The number of fused-ring (bicyclic) bond motifs is 1. The molecule has 0 atom stereocenters. The van der Waals surface area contributed by atoms with Crippen molar-refractivity contribution in [1.29, 1.82) is 0 Å². The second-order valence-electron chi connectivity index (χ2n) is 4.19. The van der Waals surface area contributed by atoms with Crippen molar-refractivity contribution >= 4 is 11.0 Å². The smallest absolute Gasteiger partial charge is 0.277 e. The minimum atomic E-state index is -0.361. The van der Waals surface area contributed by atoms with Crippen LogP contribution < -0.4 is 11.2 Å². The first-order valence-electron chi connectivity index (χ1n) is 5.33. The molecule has 0 amide bonds. The van der Waals surface area contributed by atoms with Crippen molar-refractivity contribution < 1.29 is 0 Å². The predicted molar refractivity (Wildman–Crippen MR) is 59.3 cm³/mol. The van der Waals surface area contributed by atoms with Crippen LogP contribution in [0.15, 0.2) is 27.9 Å². The molecule has 1 N–H and O–H groups in total. The standard InChI is InChI=1S/C11H11N3O2/c15-10-8-2-1-5-12-9(8)14(11(16)13-10)6-7-3-4-7/h1-2,5,7H,3-4,6H2,(H,13,15,16). The molecule has 2 aromatic heterocycles. The van der Waals surface area contributed by atoms with Crippen molar-refractivity contribution in [2.45, 2.75) is 19.4 Å². The quantitative estimate of drug-likeness (QED) is 0.796. The van der Waals surface area contributed by atoms with E-state index >= 15 is 0 Å². The van der Waals surface area contributed by atoms with Gasteiger partial charge in [-0.15, -0.1) is 0 Å². The van der Waals surface area contributed by atoms with Crippen molar-refractivity contribution in [3.63, 3.8) is 0 Å². The van der Waals surface area contributed by atoms with Gasteiger partial charge in [0.25, 0.3) is 5.56 Å². The van der Waals surface area contributed by atoms with Crippen LogP contribution in [0.5, 0.6) is 0 Å². The third kappa shape index (κ3) is 1.44. The molecular formula is C11H11N3O2. The Morgan fingerprint density at radius 3 is 3.00 bits per heavy atom. The highest BCUT2D eigenvalue weighted by Gasteiger charge is 2.23. The van der Waals surface area contributed by atoms with E-state index in [1.54, 1.807) is 22.9 Å². The molecule has 5 nitrogen and oxygen atoms in total. The largest absolute Gasteiger partial charge is 0.330 e. The highest BCUT2D eigenvalue weighted by atomic mass is 16.2. The molecule has 0 aromatic carbocycles. The SMILES string of the molecule is O=c1[nH]c(=O)n(CC2CC2)c2ncccc12. The highest BCUT2D eigenvalue weighted by Crippen LogP contribution is 2.30. The van der Waals surface area contributed by atoms with Gasteiger partial charge in [0.1, 0.15) is 5.65 Å². The van der Waals surface area contributed by atoms with Gasteiger partial charge in [0.2, 0.25) is 0 Å². The van der Waals surface area contributed by atoms with Crippen LogP contribution in [0.4, 0.5) is 0 Å². The lowest BCUT2D eigenvalue weighted by Crippen LogP contribution is -2.31. The lowest BCUT2D eigenvalue weighted by molar-refractivity contribution is 0.606. The summed E-state index contributed by atoms with van der Waals surface area (Å²) in [5.41, 5.74) is -0.230. The Bertz CT molecular complexity index is 652. The van der Waals surface area contributed by atoms with Crippen LogP contribution in [-0.2, 0) is 6.54 Å². The summed E-state index contributed by atoms with van der Waals surface area (Å²) in [5.74, 6) is 0.564. The Kier molecular flexibility index (Phi) is 1.92. The number of hydrogen-bond acceptors (Lipinski definition) is 3.